The molecule has 15 heavy (non-hydrogen) atoms. The highest BCUT2D eigenvalue weighted by molar-refractivity contribution is 7.09. The second-order valence-corrected chi connectivity index (χ2v) is 3.93. The average molecular weight is 220 g/mol. The number of hydrogen-bond donors (Lipinski definition) is 0. The van der Waals surface area contributed by atoms with Crippen molar-refractivity contribution in [3.8, 4) is 0 Å². The van der Waals surface area contributed by atoms with Crippen molar-refractivity contribution in [2.75, 3.05) is 11.9 Å². The summed E-state index contributed by atoms with van der Waals surface area (Å²) < 4.78 is 3.74. The zero-order chi connectivity index (χ0) is 10.7. The van der Waals surface area contributed by atoms with Crippen LogP contribution in [0.5, 0.6) is 0 Å². The Labute approximate surface area is 92.7 Å². The minimum absolute atomic E-state index is 0.805. The molecule has 4 nitrogen and oxygen atoms in total. The van der Waals surface area contributed by atoms with Gasteiger partial charge >= 0.3 is 0 Å². The molecule has 1 aromatic heterocycles. The first-order valence-corrected chi connectivity index (χ1v) is 5.56. The summed E-state index contributed by atoms with van der Waals surface area (Å²) in [6.45, 7) is 2.15. The van der Waals surface area contributed by atoms with Gasteiger partial charge in [-0.3, -0.25) is 0 Å². The van der Waals surface area contributed by atoms with Crippen LogP contribution in [0.4, 0.5) is 10.8 Å². The lowest BCUT2D eigenvalue weighted by molar-refractivity contribution is 0.944. The van der Waals surface area contributed by atoms with Gasteiger partial charge in [0, 0.05) is 24.3 Å². The van der Waals surface area contributed by atoms with Crippen LogP contribution in [0.1, 0.15) is 12.5 Å². The third-order valence-corrected chi connectivity index (χ3v) is 2.98. The Bertz CT molecular complexity index is 409. The van der Waals surface area contributed by atoms with Crippen molar-refractivity contribution in [2.24, 2.45) is 0 Å². The summed E-state index contributed by atoms with van der Waals surface area (Å²) in [5.74, 6) is 0. The molecule has 78 valence electrons. The van der Waals surface area contributed by atoms with Gasteiger partial charge in [-0.05, 0) is 29.3 Å². The second kappa shape index (κ2) is 4.35. The summed E-state index contributed by atoms with van der Waals surface area (Å²) in [7, 11) is 1.96. The van der Waals surface area contributed by atoms with Gasteiger partial charge in [-0.25, -0.2) is 0 Å². The number of rotatable bonds is 3. The molecule has 2 rings (SSSR count). The number of benzene rings is 1. The van der Waals surface area contributed by atoms with Crippen molar-refractivity contribution in [1.82, 2.24) is 14.8 Å². The Kier molecular flexibility index (Phi) is 2.91. The Morgan fingerprint density at radius 1 is 1.27 bits per heavy atom. The molecule has 0 N–H and O–H groups in total. The zero-order valence-corrected chi connectivity index (χ0v) is 9.53. The van der Waals surface area contributed by atoms with Crippen molar-refractivity contribution in [3.63, 3.8) is 0 Å². The number of nitrogens with zero attached hydrogens (tertiary/aromatic N) is 4. The highest BCUT2D eigenvalue weighted by atomic mass is 32.1. The fraction of sp³-hybridized carbons (Fsp3) is 0.300. The summed E-state index contributed by atoms with van der Waals surface area (Å²) >= 11 is 1.29. The molecule has 0 unspecified atom stereocenters. The van der Waals surface area contributed by atoms with Gasteiger partial charge in [0.05, 0.1) is 0 Å². The lowest BCUT2D eigenvalue weighted by Gasteiger charge is -2.14. The lowest BCUT2D eigenvalue weighted by atomic mass is 10.1. The van der Waals surface area contributed by atoms with Crippen LogP contribution in [-0.2, 0) is 6.42 Å². The van der Waals surface area contributed by atoms with Crippen molar-refractivity contribution in [1.29, 1.82) is 0 Å². The molecule has 0 fully saturated rings. The topological polar surface area (TPSA) is 41.9 Å². The Hall–Kier alpha value is -1.49. The summed E-state index contributed by atoms with van der Waals surface area (Å²) in [5.41, 5.74) is 2.44. The molecule has 0 amide bonds. The molecule has 0 aliphatic carbocycles. The Balaban J connectivity index is 2.22. The van der Waals surface area contributed by atoms with E-state index in [9.17, 15) is 0 Å². The number of anilines is 2. The lowest BCUT2D eigenvalue weighted by Crippen LogP contribution is -2.08. The van der Waals surface area contributed by atoms with Gasteiger partial charge in [0.1, 0.15) is 0 Å². The van der Waals surface area contributed by atoms with Crippen LogP contribution in [0.3, 0.4) is 0 Å². The predicted molar refractivity (Wildman–Crippen MR) is 61.6 cm³/mol. The quantitative estimate of drug-likeness (QED) is 0.795. The van der Waals surface area contributed by atoms with Crippen molar-refractivity contribution in [3.05, 3.63) is 29.8 Å². The zero-order valence-electron chi connectivity index (χ0n) is 8.71. The molecule has 1 aromatic carbocycles. The molecule has 5 heteroatoms. The number of aromatic nitrogens is 3. The van der Waals surface area contributed by atoms with E-state index in [4.69, 9.17) is 0 Å². The molecule has 1 heterocycles. The molecular formula is C10H12N4S. The molecule has 0 aliphatic rings. The maximum atomic E-state index is 3.92. The molecule has 0 radical (unpaired) electrons. The molecule has 0 saturated heterocycles. The monoisotopic (exact) mass is 220 g/mol. The molecule has 0 spiro atoms. The third-order valence-electron chi connectivity index (χ3n) is 2.31. The van der Waals surface area contributed by atoms with Crippen LogP contribution >= 0.6 is 11.5 Å². The summed E-state index contributed by atoms with van der Waals surface area (Å²) in [4.78, 5) is 1.98. The van der Waals surface area contributed by atoms with Gasteiger partial charge in [0.25, 0.3) is 0 Å². The smallest absolute Gasteiger partial charge is 0.232 e. The maximum absolute atomic E-state index is 3.92. The van der Waals surface area contributed by atoms with Crippen LogP contribution in [0.2, 0.25) is 0 Å². The van der Waals surface area contributed by atoms with Crippen molar-refractivity contribution >= 4 is 22.4 Å². The first-order chi connectivity index (χ1) is 7.31. The summed E-state index contributed by atoms with van der Waals surface area (Å²) in [6.07, 6.45) is 1.06. The molecule has 2 aromatic rings. The van der Waals surface area contributed by atoms with Gasteiger partial charge in [0.2, 0.25) is 5.13 Å². The van der Waals surface area contributed by atoms with Crippen LogP contribution in [0, 0.1) is 0 Å². The van der Waals surface area contributed by atoms with Gasteiger partial charge in [0.15, 0.2) is 0 Å². The van der Waals surface area contributed by atoms with Crippen LogP contribution in [0.25, 0.3) is 0 Å². The minimum Gasteiger partial charge on any atom is -0.318 e. The largest absolute Gasteiger partial charge is 0.318 e. The van der Waals surface area contributed by atoms with Crippen LogP contribution in [-0.4, -0.2) is 21.8 Å². The van der Waals surface area contributed by atoms with E-state index < -0.39 is 0 Å². The van der Waals surface area contributed by atoms with Gasteiger partial charge in [-0.1, -0.05) is 28.6 Å². The predicted octanol–water partition coefficient (Wildman–Crippen LogP) is 2.26. The summed E-state index contributed by atoms with van der Waals surface area (Å²) in [5, 5.41) is 8.30. The SMILES string of the molecule is CCc1ccc(N(C)c2nnns2)cc1. The van der Waals surface area contributed by atoms with E-state index in [-0.39, 0.29) is 0 Å². The van der Waals surface area contributed by atoms with E-state index >= 15 is 0 Å². The van der Waals surface area contributed by atoms with E-state index in [0.717, 1.165) is 17.2 Å². The first kappa shape index (κ1) is 10.0. The van der Waals surface area contributed by atoms with E-state index in [0.29, 0.717) is 0 Å². The van der Waals surface area contributed by atoms with E-state index in [1.165, 1.54) is 17.1 Å². The van der Waals surface area contributed by atoms with Crippen molar-refractivity contribution in [2.45, 2.75) is 13.3 Å². The third kappa shape index (κ3) is 2.12. The fourth-order valence-electron chi connectivity index (χ4n) is 1.32. The van der Waals surface area contributed by atoms with Gasteiger partial charge in [-0.15, -0.1) is 0 Å². The van der Waals surface area contributed by atoms with Gasteiger partial charge < -0.3 is 4.90 Å². The normalized spacial score (nSPS) is 10.3. The molecule has 0 atom stereocenters. The van der Waals surface area contributed by atoms with E-state index in [2.05, 4.69) is 46.0 Å². The first-order valence-electron chi connectivity index (χ1n) is 4.79. The van der Waals surface area contributed by atoms with Crippen LogP contribution < -0.4 is 4.90 Å². The van der Waals surface area contributed by atoms with Gasteiger partial charge in [-0.2, -0.15) is 0 Å². The Morgan fingerprint density at radius 3 is 2.53 bits per heavy atom. The number of aryl methyl sites for hydroxylation is 1. The minimum atomic E-state index is 0.805. The second-order valence-electron chi connectivity index (χ2n) is 3.22. The van der Waals surface area contributed by atoms with E-state index in [1.54, 1.807) is 0 Å². The fourth-order valence-corrected chi connectivity index (χ4v) is 1.77. The van der Waals surface area contributed by atoms with Crippen LogP contribution in [0.15, 0.2) is 24.3 Å². The average Bonchev–Trinajstić information content (AvgIpc) is 2.82. The highest BCUT2D eigenvalue weighted by Crippen LogP contribution is 2.23. The molecular weight excluding hydrogens is 208 g/mol. The molecule has 0 saturated carbocycles. The molecule has 0 aliphatic heterocycles. The maximum Gasteiger partial charge on any atom is 0.232 e. The standard InChI is InChI=1S/C10H12N4S/c1-3-8-4-6-9(7-5-8)14(2)10-11-12-13-15-10/h4-7H,3H2,1-2H3. The highest BCUT2D eigenvalue weighted by Gasteiger charge is 2.07. The van der Waals surface area contributed by atoms with Crippen molar-refractivity contribution < 1.29 is 0 Å². The Morgan fingerprint density at radius 2 is 2.00 bits per heavy atom. The molecule has 0 bridgehead atoms. The summed E-state index contributed by atoms with van der Waals surface area (Å²) in [6, 6.07) is 8.42. The van der Waals surface area contributed by atoms with E-state index in [1.807, 2.05) is 11.9 Å². The number of hydrogen-bond acceptors (Lipinski definition) is 5.